The van der Waals surface area contributed by atoms with E-state index < -0.39 is 12.6 Å². The summed E-state index contributed by atoms with van der Waals surface area (Å²) in [6, 6.07) is 14.0. The SMILES string of the molecule is Cc1cc(C)cc(C2NC=CC3CC(CC(F)(F)F)=c4ccccc4=C32)c1. The second kappa shape index (κ2) is 6.59. The molecular formula is C23H22F3N. The lowest BCUT2D eigenvalue weighted by Gasteiger charge is -2.34. The molecule has 4 rings (SSSR count). The molecule has 1 heterocycles. The lowest BCUT2D eigenvalue weighted by Crippen LogP contribution is -2.41. The highest BCUT2D eigenvalue weighted by atomic mass is 19.4. The molecule has 4 heteroatoms. The highest BCUT2D eigenvalue weighted by Gasteiger charge is 2.34. The highest BCUT2D eigenvalue weighted by molar-refractivity contribution is 5.68. The van der Waals surface area contributed by atoms with Gasteiger partial charge < -0.3 is 5.32 Å². The molecule has 2 atom stereocenters. The molecule has 0 spiro atoms. The molecule has 0 saturated carbocycles. The first-order valence-electron chi connectivity index (χ1n) is 9.21. The second-order valence-electron chi connectivity index (χ2n) is 7.59. The van der Waals surface area contributed by atoms with Crippen molar-refractivity contribution in [1.29, 1.82) is 0 Å². The average Bonchev–Trinajstić information content (AvgIpc) is 2.59. The minimum Gasteiger partial charge on any atom is -0.381 e. The van der Waals surface area contributed by atoms with Crippen molar-refractivity contribution in [3.05, 3.63) is 81.9 Å². The van der Waals surface area contributed by atoms with Crippen molar-refractivity contribution in [2.24, 2.45) is 5.92 Å². The number of aryl methyl sites for hydroxylation is 2. The van der Waals surface area contributed by atoms with Crippen molar-refractivity contribution in [1.82, 2.24) is 5.32 Å². The van der Waals surface area contributed by atoms with Gasteiger partial charge in [0.1, 0.15) is 0 Å². The van der Waals surface area contributed by atoms with Gasteiger partial charge in [0.05, 0.1) is 12.5 Å². The van der Waals surface area contributed by atoms with Crippen LogP contribution in [0.25, 0.3) is 11.1 Å². The maximum Gasteiger partial charge on any atom is 0.392 e. The van der Waals surface area contributed by atoms with Gasteiger partial charge in [-0.15, -0.1) is 0 Å². The summed E-state index contributed by atoms with van der Waals surface area (Å²) in [5.74, 6) is -0.00989. The first-order chi connectivity index (χ1) is 12.8. The van der Waals surface area contributed by atoms with Gasteiger partial charge in [0, 0.05) is 5.92 Å². The Morgan fingerprint density at radius 1 is 1.00 bits per heavy atom. The maximum absolute atomic E-state index is 13.1. The van der Waals surface area contributed by atoms with Crippen LogP contribution >= 0.6 is 0 Å². The summed E-state index contributed by atoms with van der Waals surface area (Å²) in [5, 5.41) is 5.13. The molecule has 1 aliphatic carbocycles. The number of hydrogen-bond donors (Lipinski definition) is 1. The van der Waals surface area contributed by atoms with Crippen molar-refractivity contribution in [2.75, 3.05) is 0 Å². The summed E-state index contributed by atoms with van der Waals surface area (Å²) in [6.45, 7) is 4.14. The fourth-order valence-electron chi connectivity index (χ4n) is 4.49. The first kappa shape index (κ1) is 17.9. The predicted molar refractivity (Wildman–Crippen MR) is 102 cm³/mol. The van der Waals surface area contributed by atoms with Crippen molar-refractivity contribution in [2.45, 2.75) is 38.9 Å². The Hall–Kier alpha value is -2.49. The van der Waals surface area contributed by atoms with E-state index in [1.165, 1.54) is 16.7 Å². The van der Waals surface area contributed by atoms with Crippen LogP contribution in [0.5, 0.6) is 0 Å². The summed E-state index contributed by atoms with van der Waals surface area (Å²) in [5.41, 5.74) is 5.19. The van der Waals surface area contributed by atoms with Gasteiger partial charge in [0.2, 0.25) is 0 Å². The summed E-state index contributed by atoms with van der Waals surface area (Å²) >= 11 is 0. The molecular weight excluding hydrogens is 347 g/mol. The Kier molecular flexibility index (Phi) is 4.37. The molecule has 1 N–H and O–H groups in total. The fraction of sp³-hybridized carbons (Fsp3) is 0.304. The van der Waals surface area contributed by atoms with Crippen molar-refractivity contribution < 1.29 is 13.2 Å². The van der Waals surface area contributed by atoms with Crippen LogP contribution < -0.4 is 15.8 Å². The Labute approximate surface area is 156 Å². The Bertz CT molecular complexity index is 1010. The molecule has 0 saturated heterocycles. The third-order valence-electron chi connectivity index (χ3n) is 5.38. The van der Waals surface area contributed by atoms with Gasteiger partial charge in [-0.3, -0.25) is 0 Å². The second-order valence-corrected chi connectivity index (χ2v) is 7.59. The topological polar surface area (TPSA) is 12.0 Å². The van der Waals surface area contributed by atoms with Gasteiger partial charge in [-0.05, 0) is 48.0 Å². The van der Waals surface area contributed by atoms with E-state index in [0.717, 1.165) is 16.0 Å². The summed E-state index contributed by atoms with van der Waals surface area (Å²) in [4.78, 5) is 0. The number of benzene rings is 2. The Morgan fingerprint density at radius 3 is 2.33 bits per heavy atom. The summed E-state index contributed by atoms with van der Waals surface area (Å²) in [6.07, 6.45) is -0.714. The fourth-order valence-corrected chi connectivity index (χ4v) is 4.49. The number of allylic oxidation sites excluding steroid dienone is 1. The minimum absolute atomic E-state index is 0.00989. The molecule has 1 aliphatic heterocycles. The van der Waals surface area contributed by atoms with E-state index in [9.17, 15) is 13.2 Å². The van der Waals surface area contributed by atoms with Crippen molar-refractivity contribution in [3.8, 4) is 0 Å². The zero-order chi connectivity index (χ0) is 19.2. The highest BCUT2D eigenvalue weighted by Crippen LogP contribution is 2.39. The van der Waals surface area contributed by atoms with Gasteiger partial charge in [-0.2, -0.15) is 13.2 Å². The van der Waals surface area contributed by atoms with Crippen LogP contribution in [0.1, 0.15) is 35.6 Å². The molecule has 0 fully saturated rings. The normalized spacial score (nSPS) is 21.5. The minimum atomic E-state index is -4.19. The van der Waals surface area contributed by atoms with Crippen LogP contribution in [0.3, 0.4) is 0 Å². The molecule has 0 radical (unpaired) electrons. The zero-order valence-corrected chi connectivity index (χ0v) is 15.4. The van der Waals surface area contributed by atoms with Crippen LogP contribution in [0.15, 0.2) is 54.7 Å². The number of nitrogens with one attached hydrogen (secondary N) is 1. The summed E-state index contributed by atoms with van der Waals surface area (Å²) < 4.78 is 39.4. The first-order valence-corrected chi connectivity index (χ1v) is 9.21. The standard InChI is InChI=1S/C23H22F3N/c1-14-9-15(2)11-17(10-14)22-21-16(7-8-27-22)12-18(13-23(24,25)26)19-5-3-4-6-20(19)21/h3-11,16,22,27H,12-13H2,1-2H3. The largest absolute Gasteiger partial charge is 0.392 e. The van der Waals surface area contributed by atoms with Crippen LogP contribution in [0.4, 0.5) is 13.2 Å². The molecule has 0 bridgehead atoms. The van der Waals surface area contributed by atoms with Crippen molar-refractivity contribution in [3.63, 3.8) is 0 Å². The lowest BCUT2D eigenvalue weighted by molar-refractivity contribution is -0.123. The van der Waals surface area contributed by atoms with Crippen LogP contribution in [0, 0.1) is 19.8 Å². The van der Waals surface area contributed by atoms with E-state index in [-0.39, 0.29) is 12.0 Å². The van der Waals surface area contributed by atoms with E-state index in [1.807, 2.05) is 36.5 Å². The zero-order valence-electron chi connectivity index (χ0n) is 15.4. The van der Waals surface area contributed by atoms with E-state index in [2.05, 4.69) is 37.4 Å². The summed E-state index contributed by atoms with van der Waals surface area (Å²) in [7, 11) is 0. The van der Waals surface area contributed by atoms with Gasteiger partial charge in [0.25, 0.3) is 0 Å². The molecule has 0 aromatic heterocycles. The number of alkyl halides is 3. The molecule has 2 aromatic rings. The smallest absolute Gasteiger partial charge is 0.381 e. The third kappa shape index (κ3) is 3.53. The van der Waals surface area contributed by atoms with E-state index in [4.69, 9.17) is 0 Å². The van der Waals surface area contributed by atoms with E-state index >= 15 is 0 Å². The number of fused-ring (bicyclic) bond motifs is 2. The molecule has 27 heavy (non-hydrogen) atoms. The molecule has 1 nitrogen and oxygen atoms in total. The van der Waals surface area contributed by atoms with Gasteiger partial charge in [0.15, 0.2) is 0 Å². The number of hydrogen-bond acceptors (Lipinski definition) is 1. The van der Waals surface area contributed by atoms with Gasteiger partial charge in [-0.1, -0.05) is 65.2 Å². The van der Waals surface area contributed by atoms with E-state index in [1.54, 1.807) is 0 Å². The number of rotatable bonds is 2. The van der Waals surface area contributed by atoms with Crippen LogP contribution in [0.2, 0.25) is 0 Å². The molecule has 2 aliphatic rings. The van der Waals surface area contributed by atoms with Crippen molar-refractivity contribution >= 4 is 11.1 Å². The Balaban J connectivity index is 1.96. The molecule has 2 unspecified atom stereocenters. The maximum atomic E-state index is 13.1. The molecule has 140 valence electrons. The van der Waals surface area contributed by atoms with Crippen LogP contribution in [-0.2, 0) is 0 Å². The Morgan fingerprint density at radius 2 is 1.67 bits per heavy atom. The van der Waals surface area contributed by atoms with Gasteiger partial charge in [-0.25, -0.2) is 0 Å². The predicted octanol–water partition coefficient (Wildman–Crippen LogP) is 4.44. The van der Waals surface area contributed by atoms with Gasteiger partial charge >= 0.3 is 6.18 Å². The van der Waals surface area contributed by atoms with E-state index in [0.29, 0.717) is 12.0 Å². The molecule has 2 aromatic carbocycles. The average molecular weight is 369 g/mol. The number of halogens is 3. The third-order valence-corrected chi connectivity index (χ3v) is 5.38. The quantitative estimate of drug-likeness (QED) is 0.826. The van der Waals surface area contributed by atoms with Crippen LogP contribution in [-0.4, -0.2) is 6.18 Å². The lowest BCUT2D eigenvalue weighted by atomic mass is 9.76. The molecule has 0 amide bonds. The monoisotopic (exact) mass is 369 g/mol.